The number of carboxylic acids is 1. The van der Waals surface area contributed by atoms with Crippen LogP contribution >= 0.6 is 0 Å². The first-order valence-electron chi connectivity index (χ1n) is 4.89. The van der Waals surface area contributed by atoms with E-state index in [1.165, 1.54) is 18.2 Å². The summed E-state index contributed by atoms with van der Waals surface area (Å²) in [5, 5.41) is 8.86. The number of ether oxygens (including phenoxy) is 2. The predicted molar refractivity (Wildman–Crippen MR) is 55.8 cm³/mol. The van der Waals surface area contributed by atoms with Crippen LogP contribution in [0.2, 0.25) is 0 Å². The number of rotatable bonds is 5. The van der Waals surface area contributed by atoms with Crippen LogP contribution in [0.15, 0.2) is 18.2 Å². The monoisotopic (exact) mass is 246 g/mol. The quantitative estimate of drug-likeness (QED) is 0.867. The largest absolute Gasteiger partial charge is 0.487 e. The minimum Gasteiger partial charge on any atom is -0.487 e. The van der Waals surface area contributed by atoms with Crippen LogP contribution in [0.5, 0.6) is 11.5 Å². The van der Waals surface area contributed by atoms with Crippen molar-refractivity contribution < 1.29 is 28.2 Å². The van der Waals surface area contributed by atoms with Gasteiger partial charge in [0.2, 0.25) is 0 Å². The van der Waals surface area contributed by atoms with Crippen molar-refractivity contribution in [3.05, 3.63) is 23.8 Å². The SMILES string of the molecule is CC(C)Oc1cccc(C(=O)O)c1OC(F)F. The first-order chi connectivity index (χ1) is 7.91. The van der Waals surface area contributed by atoms with E-state index in [1.807, 2.05) is 0 Å². The molecule has 0 aliphatic heterocycles. The van der Waals surface area contributed by atoms with Gasteiger partial charge in [0.25, 0.3) is 0 Å². The third kappa shape index (κ3) is 3.58. The molecule has 0 amide bonds. The van der Waals surface area contributed by atoms with Gasteiger partial charge in [-0.05, 0) is 26.0 Å². The molecule has 0 aliphatic carbocycles. The standard InChI is InChI=1S/C11H12F2O4/c1-6(2)16-8-5-3-4-7(10(14)15)9(8)17-11(12)13/h3-6,11H,1-2H3,(H,14,15). The van der Waals surface area contributed by atoms with E-state index in [1.54, 1.807) is 13.8 Å². The Morgan fingerprint density at radius 1 is 1.29 bits per heavy atom. The first-order valence-corrected chi connectivity index (χ1v) is 4.89. The molecule has 94 valence electrons. The lowest BCUT2D eigenvalue weighted by Gasteiger charge is -2.16. The maximum atomic E-state index is 12.2. The number of benzene rings is 1. The fraction of sp³-hybridized carbons (Fsp3) is 0.364. The van der Waals surface area contributed by atoms with E-state index >= 15 is 0 Å². The molecule has 0 fully saturated rings. The Morgan fingerprint density at radius 3 is 2.41 bits per heavy atom. The van der Waals surface area contributed by atoms with Crippen molar-refractivity contribution in [3.63, 3.8) is 0 Å². The van der Waals surface area contributed by atoms with Gasteiger partial charge in [0.1, 0.15) is 5.56 Å². The third-order valence-electron chi connectivity index (χ3n) is 1.78. The van der Waals surface area contributed by atoms with Gasteiger partial charge in [0.15, 0.2) is 11.5 Å². The number of carbonyl (C=O) groups is 1. The maximum absolute atomic E-state index is 12.2. The zero-order chi connectivity index (χ0) is 13.0. The minimum absolute atomic E-state index is 0.0137. The van der Waals surface area contributed by atoms with Crippen LogP contribution in [0.4, 0.5) is 8.78 Å². The van der Waals surface area contributed by atoms with Gasteiger partial charge in [-0.3, -0.25) is 0 Å². The van der Waals surface area contributed by atoms with Crippen LogP contribution in [0, 0.1) is 0 Å². The van der Waals surface area contributed by atoms with Crippen LogP contribution in [-0.4, -0.2) is 23.8 Å². The Bertz CT molecular complexity index is 404. The van der Waals surface area contributed by atoms with Gasteiger partial charge in [0, 0.05) is 0 Å². The van der Waals surface area contributed by atoms with Crippen LogP contribution in [-0.2, 0) is 0 Å². The van der Waals surface area contributed by atoms with Gasteiger partial charge in [-0.25, -0.2) is 4.79 Å². The van der Waals surface area contributed by atoms with E-state index in [9.17, 15) is 13.6 Å². The second-order valence-electron chi connectivity index (χ2n) is 3.48. The summed E-state index contributed by atoms with van der Waals surface area (Å²) in [7, 11) is 0. The molecule has 6 heteroatoms. The van der Waals surface area contributed by atoms with Crippen molar-refractivity contribution in [1.29, 1.82) is 0 Å². The third-order valence-corrected chi connectivity index (χ3v) is 1.78. The second-order valence-corrected chi connectivity index (χ2v) is 3.48. The van der Waals surface area contributed by atoms with Gasteiger partial charge in [-0.15, -0.1) is 0 Å². The smallest absolute Gasteiger partial charge is 0.387 e. The van der Waals surface area contributed by atoms with Crippen LogP contribution in [0.1, 0.15) is 24.2 Å². The normalized spacial score (nSPS) is 10.7. The topological polar surface area (TPSA) is 55.8 Å². The van der Waals surface area contributed by atoms with Gasteiger partial charge in [-0.2, -0.15) is 8.78 Å². The Labute approximate surface area is 96.8 Å². The summed E-state index contributed by atoms with van der Waals surface area (Å²) in [5.74, 6) is -1.82. The number of hydrogen-bond acceptors (Lipinski definition) is 3. The predicted octanol–water partition coefficient (Wildman–Crippen LogP) is 2.77. The zero-order valence-corrected chi connectivity index (χ0v) is 9.31. The molecule has 17 heavy (non-hydrogen) atoms. The number of para-hydroxylation sites is 1. The molecule has 0 heterocycles. The molecule has 0 unspecified atom stereocenters. The Hall–Kier alpha value is -1.85. The highest BCUT2D eigenvalue weighted by molar-refractivity contribution is 5.92. The summed E-state index contributed by atoms with van der Waals surface area (Å²) in [6, 6.07) is 3.96. The molecule has 0 saturated carbocycles. The zero-order valence-electron chi connectivity index (χ0n) is 9.31. The average molecular weight is 246 g/mol. The van der Waals surface area contributed by atoms with E-state index in [2.05, 4.69) is 4.74 Å². The fourth-order valence-corrected chi connectivity index (χ4v) is 1.24. The van der Waals surface area contributed by atoms with Crippen molar-refractivity contribution in [3.8, 4) is 11.5 Å². The number of carboxylic acid groups (broad SMARTS) is 1. The van der Waals surface area contributed by atoms with Crippen LogP contribution < -0.4 is 9.47 Å². The van der Waals surface area contributed by atoms with Gasteiger partial charge >= 0.3 is 12.6 Å². The highest BCUT2D eigenvalue weighted by Gasteiger charge is 2.20. The molecule has 0 saturated heterocycles. The number of aromatic carboxylic acids is 1. The maximum Gasteiger partial charge on any atom is 0.387 e. The molecule has 0 radical (unpaired) electrons. The lowest BCUT2D eigenvalue weighted by atomic mass is 10.2. The molecule has 4 nitrogen and oxygen atoms in total. The van der Waals surface area contributed by atoms with Crippen molar-refractivity contribution >= 4 is 5.97 Å². The Balaban J connectivity index is 3.18. The van der Waals surface area contributed by atoms with Gasteiger partial charge in [0.05, 0.1) is 6.10 Å². The lowest BCUT2D eigenvalue weighted by Crippen LogP contribution is -2.12. The van der Waals surface area contributed by atoms with Crippen LogP contribution in [0.3, 0.4) is 0 Å². The molecule has 0 bridgehead atoms. The van der Waals surface area contributed by atoms with E-state index in [4.69, 9.17) is 9.84 Å². The highest BCUT2D eigenvalue weighted by Crippen LogP contribution is 2.33. The molecule has 0 spiro atoms. The molecule has 0 atom stereocenters. The summed E-state index contributed by atoms with van der Waals surface area (Å²) in [6.07, 6.45) is -0.279. The van der Waals surface area contributed by atoms with E-state index in [0.29, 0.717) is 0 Å². The number of halogens is 2. The molecular weight excluding hydrogens is 234 g/mol. The van der Waals surface area contributed by atoms with Crippen molar-refractivity contribution in [2.24, 2.45) is 0 Å². The number of hydrogen-bond donors (Lipinski definition) is 1. The van der Waals surface area contributed by atoms with Gasteiger partial charge in [-0.1, -0.05) is 6.07 Å². The van der Waals surface area contributed by atoms with Crippen molar-refractivity contribution in [2.45, 2.75) is 26.6 Å². The second kappa shape index (κ2) is 5.47. The highest BCUT2D eigenvalue weighted by atomic mass is 19.3. The van der Waals surface area contributed by atoms with Crippen LogP contribution in [0.25, 0.3) is 0 Å². The van der Waals surface area contributed by atoms with E-state index < -0.39 is 18.3 Å². The number of alkyl halides is 2. The first kappa shape index (κ1) is 13.2. The van der Waals surface area contributed by atoms with E-state index in [0.717, 1.165) is 0 Å². The summed E-state index contributed by atoms with van der Waals surface area (Å²) < 4.78 is 33.8. The Kier molecular flexibility index (Phi) is 4.25. The van der Waals surface area contributed by atoms with E-state index in [-0.39, 0.29) is 17.4 Å². The van der Waals surface area contributed by atoms with Crippen molar-refractivity contribution in [2.75, 3.05) is 0 Å². The fourth-order valence-electron chi connectivity index (χ4n) is 1.24. The molecular formula is C11H12F2O4. The molecule has 0 aromatic heterocycles. The summed E-state index contributed by atoms with van der Waals surface area (Å²) >= 11 is 0. The Morgan fingerprint density at radius 2 is 1.94 bits per heavy atom. The average Bonchev–Trinajstić information content (AvgIpc) is 2.18. The minimum atomic E-state index is -3.11. The van der Waals surface area contributed by atoms with Gasteiger partial charge < -0.3 is 14.6 Å². The van der Waals surface area contributed by atoms with Crippen molar-refractivity contribution in [1.82, 2.24) is 0 Å². The summed E-state index contributed by atoms with van der Waals surface area (Å²) in [4.78, 5) is 10.9. The molecule has 1 aromatic carbocycles. The molecule has 1 N–H and O–H groups in total. The summed E-state index contributed by atoms with van der Waals surface area (Å²) in [5.41, 5.74) is -0.358. The summed E-state index contributed by atoms with van der Waals surface area (Å²) in [6.45, 7) is 0.282. The molecule has 0 aliphatic rings. The molecule has 1 rings (SSSR count). The lowest BCUT2D eigenvalue weighted by molar-refractivity contribution is -0.0524. The molecule has 1 aromatic rings.